The van der Waals surface area contributed by atoms with E-state index in [1.54, 1.807) is 24.3 Å². The number of carbonyl (C=O) groups is 1. The van der Waals surface area contributed by atoms with Gasteiger partial charge in [0.2, 0.25) is 5.88 Å². The summed E-state index contributed by atoms with van der Waals surface area (Å²) >= 11 is 6.18. The number of ether oxygens (including phenoxy) is 1. The second-order valence-electron chi connectivity index (χ2n) is 6.55. The molecule has 0 aliphatic carbocycles. The van der Waals surface area contributed by atoms with Gasteiger partial charge in [-0.1, -0.05) is 35.0 Å². The lowest BCUT2D eigenvalue weighted by molar-refractivity contribution is 0.0726. The first-order valence-electron chi connectivity index (χ1n) is 8.98. The summed E-state index contributed by atoms with van der Waals surface area (Å²) in [7, 11) is -4.32. The number of carbonyl (C=O) groups excluding carboxylic acids is 1. The molecule has 0 saturated heterocycles. The van der Waals surface area contributed by atoms with Crippen LogP contribution >= 0.6 is 11.6 Å². The fourth-order valence-corrected chi connectivity index (χ4v) is 4.36. The summed E-state index contributed by atoms with van der Waals surface area (Å²) in [5, 5.41) is 7.86. The van der Waals surface area contributed by atoms with Crippen LogP contribution in [0.3, 0.4) is 0 Å². The van der Waals surface area contributed by atoms with E-state index >= 15 is 0 Å². The molecule has 2 heterocycles. The van der Waals surface area contributed by atoms with E-state index in [0.717, 1.165) is 18.2 Å². The van der Waals surface area contributed by atoms with Crippen LogP contribution < -0.4 is 10.5 Å². The summed E-state index contributed by atoms with van der Waals surface area (Å²) in [6.07, 6.45) is 0. The predicted molar refractivity (Wildman–Crippen MR) is 112 cm³/mol. The third kappa shape index (κ3) is 3.83. The van der Waals surface area contributed by atoms with Crippen LogP contribution in [0.2, 0.25) is 5.02 Å². The molecule has 0 saturated carbocycles. The van der Waals surface area contributed by atoms with E-state index in [9.17, 15) is 17.6 Å². The molecule has 2 N–H and O–H groups in total. The molecule has 2 aromatic heterocycles. The Morgan fingerprint density at radius 3 is 2.66 bits per heavy atom. The SMILES string of the molecule is Cc1noc(-c2ccccc2Cl)c1C(=O)Oc1cc(N)n(S(=O)(=O)c2cccc(F)c2)n1. The van der Waals surface area contributed by atoms with Gasteiger partial charge in [0.25, 0.3) is 10.0 Å². The molecule has 4 aromatic rings. The highest BCUT2D eigenvalue weighted by Gasteiger charge is 2.28. The maximum atomic E-state index is 13.5. The van der Waals surface area contributed by atoms with Gasteiger partial charge in [0.05, 0.1) is 15.6 Å². The first-order valence-corrected chi connectivity index (χ1v) is 10.8. The van der Waals surface area contributed by atoms with Crippen molar-refractivity contribution in [1.82, 2.24) is 14.3 Å². The Bertz CT molecular complexity index is 1450. The monoisotopic (exact) mass is 476 g/mol. The van der Waals surface area contributed by atoms with E-state index in [4.69, 9.17) is 26.6 Å². The Kier molecular flexibility index (Phi) is 5.45. The molecule has 0 radical (unpaired) electrons. The molecule has 0 bridgehead atoms. The number of esters is 1. The zero-order chi connectivity index (χ0) is 23.0. The largest absolute Gasteiger partial charge is 0.402 e. The number of nitrogens with two attached hydrogens (primary N) is 1. The molecule has 32 heavy (non-hydrogen) atoms. The quantitative estimate of drug-likeness (QED) is 0.431. The summed E-state index contributed by atoms with van der Waals surface area (Å²) in [5.41, 5.74) is 6.38. The lowest BCUT2D eigenvalue weighted by atomic mass is 10.1. The summed E-state index contributed by atoms with van der Waals surface area (Å²) in [6, 6.07) is 12.0. The molecular weight excluding hydrogens is 463 g/mol. The van der Waals surface area contributed by atoms with Gasteiger partial charge in [-0.2, -0.15) is 8.42 Å². The van der Waals surface area contributed by atoms with Gasteiger partial charge in [-0.3, -0.25) is 0 Å². The molecule has 4 rings (SSSR count). The van der Waals surface area contributed by atoms with Gasteiger partial charge in [-0.25, -0.2) is 9.18 Å². The number of halogens is 2. The topological polar surface area (TPSA) is 130 Å². The normalized spacial score (nSPS) is 11.5. The van der Waals surface area contributed by atoms with Crippen LogP contribution in [0.5, 0.6) is 5.88 Å². The third-order valence-corrected chi connectivity index (χ3v) is 6.31. The van der Waals surface area contributed by atoms with Crippen LogP contribution in [0.4, 0.5) is 10.2 Å². The average molecular weight is 477 g/mol. The Balaban J connectivity index is 1.67. The Morgan fingerprint density at radius 2 is 1.94 bits per heavy atom. The van der Waals surface area contributed by atoms with E-state index in [1.165, 1.54) is 19.1 Å². The van der Waals surface area contributed by atoms with Crippen LogP contribution in [0, 0.1) is 12.7 Å². The van der Waals surface area contributed by atoms with Crippen LogP contribution in [-0.2, 0) is 10.0 Å². The van der Waals surface area contributed by atoms with Crippen molar-refractivity contribution >= 4 is 33.4 Å². The molecule has 0 amide bonds. The van der Waals surface area contributed by atoms with Crippen LogP contribution in [0.25, 0.3) is 11.3 Å². The maximum Gasteiger partial charge on any atom is 0.350 e. The number of benzene rings is 2. The summed E-state index contributed by atoms with van der Waals surface area (Å²) in [5.74, 6) is -2.31. The second kappa shape index (κ2) is 8.09. The van der Waals surface area contributed by atoms with Crippen molar-refractivity contribution in [2.24, 2.45) is 0 Å². The molecule has 0 fully saturated rings. The first-order chi connectivity index (χ1) is 15.2. The standard InChI is InChI=1S/C20H14ClFN4O5S/c1-11-18(19(31-25-11)14-7-2-3-8-15(14)21)20(27)30-17-10-16(23)26(24-17)32(28,29)13-6-4-5-12(22)9-13/h2-10H,23H2,1H3. The summed E-state index contributed by atoms with van der Waals surface area (Å²) < 4.78 is 49.9. The summed E-state index contributed by atoms with van der Waals surface area (Å²) in [6.45, 7) is 1.53. The second-order valence-corrected chi connectivity index (χ2v) is 8.73. The van der Waals surface area contributed by atoms with Gasteiger partial charge >= 0.3 is 5.97 Å². The smallest absolute Gasteiger partial charge is 0.350 e. The van der Waals surface area contributed by atoms with Crippen LogP contribution in [-0.4, -0.2) is 28.7 Å². The Hall–Kier alpha value is -3.70. The number of nitrogen functional groups attached to an aromatic ring is 1. The van der Waals surface area contributed by atoms with Crippen molar-refractivity contribution in [3.63, 3.8) is 0 Å². The molecule has 0 spiro atoms. The molecule has 9 nitrogen and oxygen atoms in total. The van der Waals surface area contributed by atoms with E-state index in [0.29, 0.717) is 14.7 Å². The van der Waals surface area contributed by atoms with E-state index in [1.807, 2.05) is 0 Å². The number of rotatable bonds is 5. The average Bonchev–Trinajstić information content (AvgIpc) is 3.31. The number of anilines is 1. The number of aromatic nitrogens is 3. The Morgan fingerprint density at radius 1 is 1.19 bits per heavy atom. The van der Waals surface area contributed by atoms with Gasteiger partial charge in [0.1, 0.15) is 17.2 Å². The highest BCUT2D eigenvalue weighted by molar-refractivity contribution is 7.90. The number of nitrogens with zero attached hydrogens (tertiary/aromatic N) is 3. The third-order valence-electron chi connectivity index (χ3n) is 4.39. The molecule has 0 aliphatic rings. The van der Waals surface area contributed by atoms with Crippen molar-refractivity contribution < 1.29 is 26.9 Å². The molecule has 12 heteroatoms. The highest BCUT2D eigenvalue weighted by atomic mass is 35.5. The van der Waals surface area contributed by atoms with Crippen molar-refractivity contribution in [2.75, 3.05) is 5.73 Å². The molecule has 164 valence electrons. The molecular formula is C20H14ClFN4O5S. The molecule has 0 atom stereocenters. The zero-order valence-electron chi connectivity index (χ0n) is 16.3. The minimum Gasteiger partial charge on any atom is -0.402 e. The molecule has 0 aliphatic heterocycles. The Labute approximate surface area is 186 Å². The van der Waals surface area contributed by atoms with E-state index in [2.05, 4.69) is 10.3 Å². The van der Waals surface area contributed by atoms with Crippen LogP contribution in [0.15, 0.2) is 64.0 Å². The van der Waals surface area contributed by atoms with Crippen molar-refractivity contribution in [3.8, 4) is 17.2 Å². The van der Waals surface area contributed by atoms with Gasteiger partial charge in [-0.15, -0.1) is 9.19 Å². The van der Waals surface area contributed by atoms with Gasteiger partial charge in [0, 0.05) is 11.6 Å². The molecule has 2 aromatic carbocycles. The lowest BCUT2D eigenvalue weighted by Crippen LogP contribution is -2.17. The fourth-order valence-electron chi connectivity index (χ4n) is 2.91. The predicted octanol–water partition coefficient (Wildman–Crippen LogP) is 3.68. The summed E-state index contributed by atoms with van der Waals surface area (Å²) in [4.78, 5) is 12.5. The van der Waals surface area contributed by atoms with Gasteiger partial charge in [-0.05, 0) is 37.3 Å². The number of hydrogen-bond donors (Lipinski definition) is 1. The van der Waals surface area contributed by atoms with Crippen LogP contribution in [0.1, 0.15) is 16.1 Å². The number of aryl methyl sites for hydroxylation is 1. The highest BCUT2D eigenvalue weighted by Crippen LogP contribution is 2.32. The maximum absolute atomic E-state index is 13.5. The zero-order valence-corrected chi connectivity index (χ0v) is 17.9. The van der Waals surface area contributed by atoms with Gasteiger partial charge < -0.3 is 15.0 Å². The van der Waals surface area contributed by atoms with E-state index < -0.39 is 27.7 Å². The van der Waals surface area contributed by atoms with Crippen molar-refractivity contribution in [2.45, 2.75) is 11.8 Å². The lowest BCUT2D eigenvalue weighted by Gasteiger charge is -2.06. The van der Waals surface area contributed by atoms with Crippen molar-refractivity contribution in [1.29, 1.82) is 0 Å². The minimum atomic E-state index is -4.32. The minimum absolute atomic E-state index is 0.0146. The first kappa shape index (κ1) is 21.5. The number of hydrogen-bond acceptors (Lipinski definition) is 8. The molecule has 0 unspecified atom stereocenters. The van der Waals surface area contributed by atoms with E-state index in [-0.39, 0.29) is 27.7 Å². The fraction of sp³-hybridized carbons (Fsp3) is 0.0500. The van der Waals surface area contributed by atoms with Crippen molar-refractivity contribution in [3.05, 3.63) is 76.7 Å². The van der Waals surface area contributed by atoms with Gasteiger partial charge in [0.15, 0.2) is 5.76 Å².